The quantitative estimate of drug-likeness (QED) is 0.681. The Morgan fingerprint density at radius 1 is 1.07 bits per heavy atom. The molecule has 5 nitrogen and oxygen atoms in total. The molecule has 1 aliphatic carbocycles. The minimum absolute atomic E-state index is 0.118. The molecule has 2 aliphatic rings. The molecular weight excluding hydrogens is 375 g/mol. The summed E-state index contributed by atoms with van der Waals surface area (Å²) in [4.78, 5) is 23.4. The fourth-order valence-electron chi connectivity index (χ4n) is 4.08. The lowest BCUT2D eigenvalue weighted by atomic mass is 10.1. The summed E-state index contributed by atoms with van der Waals surface area (Å²) in [5, 5.41) is 0.939. The summed E-state index contributed by atoms with van der Waals surface area (Å²) in [6.07, 6.45) is 5.76. The molecule has 1 amide bonds. The molecule has 28 heavy (non-hydrogen) atoms. The van der Waals surface area contributed by atoms with Crippen molar-refractivity contribution in [3.8, 4) is 5.13 Å². The van der Waals surface area contributed by atoms with Crippen molar-refractivity contribution in [3.63, 3.8) is 0 Å². The number of amides is 1. The highest BCUT2D eigenvalue weighted by atomic mass is 32.1. The van der Waals surface area contributed by atoms with Gasteiger partial charge in [0.05, 0.1) is 11.6 Å². The number of hydrogen-bond acceptors (Lipinski definition) is 4. The molecule has 2 aromatic heterocycles. The van der Waals surface area contributed by atoms with Crippen LogP contribution in [0.15, 0.2) is 48.8 Å². The van der Waals surface area contributed by atoms with Crippen molar-refractivity contribution in [1.82, 2.24) is 14.5 Å². The molecule has 3 aromatic rings. The van der Waals surface area contributed by atoms with Gasteiger partial charge in [-0.2, -0.15) is 0 Å². The number of rotatable bonds is 3. The highest BCUT2D eigenvalue weighted by Gasteiger charge is 2.36. The van der Waals surface area contributed by atoms with Gasteiger partial charge in [-0.1, -0.05) is 0 Å². The van der Waals surface area contributed by atoms with Crippen molar-refractivity contribution >= 4 is 22.9 Å². The summed E-state index contributed by atoms with van der Waals surface area (Å²) in [6.45, 7) is 2.92. The van der Waals surface area contributed by atoms with Crippen molar-refractivity contribution < 1.29 is 9.18 Å². The number of fused-ring (bicyclic) bond motifs is 1. The fraction of sp³-hybridized carbons (Fsp3) is 0.333. The highest BCUT2D eigenvalue weighted by molar-refractivity contribution is 7.14. The van der Waals surface area contributed by atoms with Crippen LogP contribution in [0.4, 0.5) is 10.1 Å². The summed E-state index contributed by atoms with van der Waals surface area (Å²) in [6, 6.07) is 10.5. The van der Waals surface area contributed by atoms with E-state index in [1.807, 2.05) is 34.0 Å². The van der Waals surface area contributed by atoms with Gasteiger partial charge in [0.2, 0.25) is 5.91 Å². The van der Waals surface area contributed by atoms with Crippen LogP contribution in [-0.4, -0.2) is 46.5 Å². The largest absolute Gasteiger partial charge is 0.368 e. The van der Waals surface area contributed by atoms with E-state index in [-0.39, 0.29) is 17.6 Å². The third-order valence-corrected chi connectivity index (χ3v) is 6.76. The van der Waals surface area contributed by atoms with Crippen LogP contribution in [0.2, 0.25) is 0 Å². The number of nitrogens with zero attached hydrogens (tertiary/aromatic N) is 4. The lowest BCUT2D eigenvalue weighted by molar-refractivity contribution is -0.133. The van der Waals surface area contributed by atoms with Crippen LogP contribution >= 0.6 is 11.3 Å². The number of anilines is 1. The van der Waals surface area contributed by atoms with Gasteiger partial charge in [-0.25, -0.2) is 9.37 Å². The van der Waals surface area contributed by atoms with Gasteiger partial charge in [0.25, 0.3) is 0 Å². The minimum atomic E-state index is -0.225. The Balaban J connectivity index is 1.27. The van der Waals surface area contributed by atoms with Crippen LogP contribution < -0.4 is 4.90 Å². The predicted octanol–water partition coefficient (Wildman–Crippen LogP) is 3.45. The van der Waals surface area contributed by atoms with Crippen LogP contribution in [0.5, 0.6) is 0 Å². The molecule has 1 aliphatic heterocycles. The summed E-state index contributed by atoms with van der Waals surface area (Å²) >= 11 is 1.69. The first-order chi connectivity index (χ1) is 13.7. The van der Waals surface area contributed by atoms with Crippen molar-refractivity contribution in [2.24, 2.45) is 0 Å². The van der Waals surface area contributed by atoms with Crippen LogP contribution in [-0.2, 0) is 11.2 Å². The summed E-state index contributed by atoms with van der Waals surface area (Å²) in [5.41, 5.74) is 1.98. The Morgan fingerprint density at radius 3 is 2.50 bits per heavy atom. The number of piperazine rings is 1. The Labute approximate surface area is 167 Å². The number of thiazole rings is 1. The highest BCUT2D eigenvalue weighted by Crippen LogP contribution is 2.38. The van der Waals surface area contributed by atoms with E-state index in [1.165, 1.54) is 17.0 Å². The molecule has 1 saturated heterocycles. The van der Waals surface area contributed by atoms with E-state index in [2.05, 4.69) is 4.90 Å². The maximum atomic E-state index is 13.2. The van der Waals surface area contributed by atoms with Gasteiger partial charge in [-0.3, -0.25) is 4.79 Å². The maximum Gasteiger partial charge on any atom is 0.231 e. The third kappa shape index (κ3) is 3.09. The van der Waals surface area contributed by atoms with Crippen LogP contribution in [0.3, 0.4) is 0 Å². The third-order valence-electron chi connectivity index (χ3n) is 5.61. The smallest absolute Gasteiger partial charge is 0.231 e. The van der Waals surface area contributed by atoms with Crippen molar-refractivity contribution in [2.75, 3.05) is 31.1 Å². The SMILES string of the molecule is O=C([C@@H]1CCc2sc(-n3cccc3)nc21)N1CCN(c2ccc(F)cc2)CC1. The first-order valence-electron chi connectivity index (χ1n) is 9.61. The zero-order valence-electron chi connectivity index (χ0n) is 15.4. The monoisotopic (exact) mass is 396 g/mol. The maximum absolute atomic E-state index is 13.2. The van der Waals surface area contributed by atoms with E-state index < -0.39 is 0 Å². The molecular formula is C21H21FN4OS. The average molecular weight is 396 g/mol. The molecule has 1 fully saturated rings. The van der Waals surface area contributed by atoms with E-state index in [0.717, 1.165) is 42.4 Å². The second kappa shape index (κ2) is 7.05. The Morgan fingerprint density at radius 2 is 1.79 bits per heavy atom. The normalized spacial score (nSPS) is 19.1. The second-order valence-corrected chi connectivity index (χ2v) is 8.34. The lowest BCUT2D eigenvalue weighted by Gasteiger charge is -2.37. The zero-order valence-corrected chi connectivity index (χ0v) is 16.2. The molecule has 5 rings (SSSR count). The number of aryl methyl sites for hydroxylation is 1. The van der Waals surface area contributed by atoms with Crippen molar-refractivity contribution in [3.05, 3.63) is 65.2 Å². The number of halogens is 1. The Bertz CT molecular complexity index is 975. The standard InChI is InChI=1S/C21H21FN4OS/c22-15-3-5-16(6-4-15)24-11-13-25(14-12-24)20(27)17-7-8-18-19(17)23-21(28-18)26-9-1-2-10-26/h1-6,9-10,17H,7-8,11-14H2/t17-/m1/s1. The van der Waals surface area contributed by atoms with Crippen LogP contribution in [0, 0.1) is 5.82 Å². The average Bonchev–Trinajstić information content (AvgIpc) is 3.45. The van der Waals surface area contributed by atoms with Crippen molar-refractivity contribution in [1.29, 1.82) is 0 Å². The number of carbonyl (C=O) groups excluding carboxylic acids is 1. The summed E-state index contributed by atoms with van der Waals surface area (Å²) in [7, 11) is 0. The Kier molecular flexibility index (Phi) is 4.39. The number of aromatic nitrogens is 2. The molecule has 1 aromatic carbocycles. The molecule has 0 N–H and O–H groups in total. The lowest BCUT2D eigenvalue weighted by Crippen LogP contribution is -2.50. The number of carbonyl (C=O) groups is 1. The van der Waals surface area contributed by atoms with E-state index in [1.54, 1.807) is 23.5 Å². The van der Waals surface area contributed by atoms with E-state index >= 15 is 0 Å². The Hall–Kier alpha value is -2.67. The van der Waals surface area contributed by atoms with Gasteiger partial charge < -0.3 is 14.4 Å². The number of hydrogen-bond donors (Lipinski definition) is 0. The fourth-order valence-corrected chi connectivity index (χ4v) is 5.19. The van der Waals surface area contributed by atoms with Gasteiger partial charge in [-0.05, 0) is 49.2 Å². The van der Waals surface area contributed by atoms with Gasteiger partial charge in [-0.15, -0.1) is 11.3 Å². The van der Waals surface area contributed by atoms with Crippen LogP contribution in [0.25, 0.3) is 5.13 Å². The van der Waals surface area contributed by atoms with Gasteiger partial charge in [0.15, 0.2) is 5.13 Å². The van der Waals surface area contributed by atoms with Gasteiger partial charge in [0, 0.05) is 49.1 Å². The van der Waals surface area contributed by atoms with Crippen molar-refractivity contribution in [2.45, 2.75) is 18.8 Å². The van der Waals surface area contributed by atoms with Crippen LogP contribution in [0.1, 0.15) is 22.9 Å². The predicted molar refractivity (Wildman–Crippen MR) is 108 cm³/mol. The molecule has 0 saturated carbocycles. The summed E-state index contributed by atoms with van der Waals surface area (Å²) < 4.78 is 15.1. The summed E-state index contributed by atoms with van der Waals surface area (Å²) in [5.74, 6) is -0.146. The molecule has 0 spiro atoms. The minimum Gasteiger partial charge on any atom is -0.368 e. The molecule has 0 unspecified atom stereocenters. The van der Waals surface area contributed by atoms with E-state index in [0.29, 0.717) is 13.1 Å². The second-order valence-electron chi connectivity index (χ2n) is 7.28. The molecule has 0 bridgehead atoms. The first-order valence-corrected chi connectivity index (χ1v) is 10.4. The molecule has 7 heteroatoms. The molecule has 3 heterocycles. The molecule has 144 valence electrons. The van der Waals surface area contributed by atoms with E-state index in [4.69, 9.17) is 4.98 Å². The molecule has 1 atom stereocenters. The zero-order chi connectivity index (χ0) is 19.1. The number of benzene rings is 1. The van der Waals surface area contributed by atoms with E-state index in [9.17, 15) is 9.18 Å². The topological polar surface area (TPSA) is 41.4 Å². The molecule has 0 radical (unpaired) electrons. The van der Waals surface area contributed by atoms with Gasteiger partial charge in [0.1, 0.15) is 5.82 Å². The van der Waals surface area contributed by atoms with Gasteiger partial charge >= 0.3 is 0 Å². The first kappa shape index (κ1) is 17.4.